The van der Waals surface area contributed by atoms with Crippen LogP contribution in [-0.2, 0) is 4.79 Å². The summed E-state index contributed by atoms with van der Waals surface area (Å²) < 4.78 is 0. The summed E-state index contributed by atoms with van der Waals surface area (Å²) in [6.07, 6.45) is 2.70. The van der Waals surface area contributed by atoms with E-state index in [0.717, 1.165) is 25.8 Å². The Morgan fingerprint density at radius 1 is 1.77 bits per heavy atom. The Balaban J connectivity index is 2.68. The molecule has 0 radical (unpaired) electrons. The van der Waals surface area contributed by atoms with Gasteiger partial charge in [-0.3, -0.25) is 4.79 Å². The zero-order chi connectivity index (χ0) is 9.84. The molecule has 0 saturated carbocycles. The quantitative estimate of drug-likeness (QED) is 0.644. The number of amides is 1. The molecular weight excluding hydrogens is 164 g/mol. The minimum absolute atomic E-state index is 0.0475. The normalized spacial score (nSPS) is 25.5. The smallest absolute Gasteiger partial charge is 0.226 e. The van der Waals surface area contributed by atoms with Gasteiger partial charge in [0.15, 0.2) is 0 Å². The molecule has 13 heavy (non-hydrogen) atoms. The monoisotopic (exact) mass is 180 g/mol. The van der Waals surface area contributed by atoms with Crippen LogP contribution in [0.3, 0.4) is 0 Å². The second-order valence-corrected chi connectivity index (χ2v) is 3.65. The van der Waals surface area contributed by atoms with Crippen LogP contribution in [0, 0.1) is 23.2 Å². The van der Waals surface area contributed by atoms with E-state index in [1.165, 1.54) is 0 Å². The first-order valence-corrected chi connectivity index (χ1v) is 4.85. The molecule has 0 aromatic rings. The number of nitrogens with zero attached hydrogens (tertiary/aromatic N) is 2. The average molecular weight is 180 g/mol. The lowest BCUT2D eigenvalue weighted by atomic mass is 9.84. The highest BCUT2D eigenvalue weighted by Crippen LogP contribution is 2.26. The van der Waals surface area contributed by atoms with Crippen LogP contribution in [0.4, 0.5) is 0 Å². The SMILES string of the molecule is CCC(C#N)C1CCCN(C)C1=O. The molecule has 0 N–H and O–H groups in total. The van der Waals surface area contributed by atoms with Crippen molar-refractivity contribution in [2.75, 3.05) is 13.6 Å². The van der Waals surface area contributed by atoms with Gasteiger partial charge in [0.1, 0.15) is 0 Å². The highest BCUT2D eigenvalue weighted by atomic mass is 16.2. The number of hydrogen-bond donors (Lipinski definition) is 0. The highest BCUT2D eigenvalue weighted by molar-refractivity contribution is 5.79. The molecule has 2 unspecified atom stereocenters. The van der Waals surface area contributed by atoms with Gasteiger partial charge in [-0.25, -0.2) is 0 Å². The Labute approximate surface area is 79.3 Å². The molecule has 0 bridgehead atoms. The van der Waals surface area contributed by atoms with E-state index in [1.807, 2.05) is 14.0 Å². The fourth-order valence-electron chi connectivity index (χ4n) is 1.90. The van der Waals surface area contributed by atoms with Crippen LogP contribution in [0.5, 0.6) is 0 Å². The van der Waals surface area contributed by atoms with Crippen LogP contribution in [-0.4, -0.2) is 24.4 Å². The minimum Gasteiger partial charge on any atom is -0.345 e. The molecule has 1 amide bonds. The van der Waals surface area contributed by atoms with Crippen LogP contribution < -0.4 is 0 Å². The Morgan fingerprint density at radius 3 is 3.00 bits per heavy atom. The van der Waals surface area contributed by atoms with E-state index in [1.54, 1.807) is 4.90 Å². The number of carbonyl (C=O) groups is 1. The summed E-state index contributed by atoms with van der Waals surface area (Å²) in [7, 11) is 1.82. The van der Waals surface area contributed by atoms with Gasteiger partial charge in [0, 0.05) is 13.6 Å². The van der Waals surface area contributed by atoms with Crippen molar-refractivity contribution in [2.24, 2.45) is 11.8 Å². The molecule has 3 nitrogen and oxygen atoms in total. The number of likely N-dealkylation sites (tertiary alicyclic amines) is 1. The van der Waals surface area contributed by atoms with E-state index in [2.05, 4.69) is 6.07 Å². The lowest BCUT2D eigenvalue weighted by Gasteiger charge is -2.31. The lowest BCUT2D eigenvalue weighted by molar-refractivity contribution is -0.138. The largest absolute Gasteiger partial charge is 0.345 e. The molecule has 3 heteroatoms. The summed E-state index contributed by atoms with van der Waals surface area (Å²) in [6.45, 7) is 2.81. The number of rotatable bonds is 2. The maximum Gasteiger partial charge on any atom is 0.226 e. The number of piperidine rings is 1. The van der Waals surface area contributed by atoms with Crippen LogP contribution >= 0.6 is 0 Å². The predicted octanol–water partition coefficient (Wildman–Crippen LogP) is 1.40. The number of hydrogen-bond acceptors (Lipinski definition) is 2. The first-order valence-electron chi connectivity index (χ1n) is 4.85. The molecule has 0 aromatic carbocycles. The van der Waals surface area contributed by atoms with Crippen LogP contribution in [0.1, 0.15) is 26.2 Å². The number of carbonyl (C=O) groups excluding carboxylic acids is 1. The molecule has 1 saturated heterocycles. The highest BCUT2D eigenvalue weighted by Gasteiger charge is 2.32. The molecule has 0 aromatic heterocycles. The van der Waals surface area contributed by atoms with Crippen molar-refractivity contribution >= 4 is 5.91 Å². The van der Waals surface area contributed by atoms with Crippen LogP contribution in [0.2, 0.25) is 0 Å². The zero-order valence-electron chi connectivity index (χ0n) is 8.29. The van der Waals surface area contributed by atoms with Crippen molar-refractivity contribution in [1.29, 1.82) is 5.26 Å². The molecule has 1 heterocycles. The summed E-state index contributed by atoms with van der Waals surface area (Å²) in [5.41, 5.74) is 0. The molecule has 0 spiro atoms. The fourth-order valence-corrected chi connectivity index (χ4v) is 1.90. The van der Waals surface area contributed by atoms with Gasteiger partial charge in [-0.15, -0.1) is 0 Å². The third-order valence-corrected chi connectivity index (χ3v) is 2.79. The van der Waals surface area contributed by atoms with Crippen molar-refractivity contribution < 1.29 is 4.79 Å². The van der Waals surface area contributed by atoms with Gasteiger partial charge in [-0.1, -0.05) is 6.92 Å². The Hall–Kier alpha value is -1.04. The van der Waals surface area contributed by atoms with E-state index >= 15 is 0 Å². The summed E-state index contributed by atoms with van der Waals surface area (Å²) in [5, 5.41) is 8.86. The summed E-state index contributed by atoms with van der Waals surface area (Å²) in [6, 6.07) is 2.22. The molecule has 1 aliphatic heterocycles. The molecule has 1 aliphatic rings. The van der Waals surface area contributed by atoms with Crippen molar-refractivity contribution in [3.8, 4) is 6.07 Å². The maximum atomic E-state index is 11.7. The lowest BCUT2D eigenvalue weighted by Crippen LogP contribution is -2.41. The molecular formula is C10H16N2O. The fraction of sp³-hybridized carbons (Fsp3) is 0.800. The zero-order valence-corrected chi connectivity index (χ0v) is 8.29. The van der Waals surface area contributed by atoms with E-state index in [-0.39, 0.29) is 17.7 Å². The Kier molecular flexibility index (Phi) is 3.30. The summed E-state index contributed by atoms with van der Waals surface area (Å²) in [4.78, 5) is 13.4. The van der Waals surface area contributed by atoms with E-state index in [0.29, 0.717) is 0 Å². The first-order chi connectivity index (χ1) is 6.20. The minimum atomic E-state index is -0.0877. The first kappa shape index (κ1) is 10.0. The molecule has 2 atom stereocenters. The molecule has 1 rings (SSSR count). The van der Waals surface area contributed by atoms with Gasteiger partial charge in [-0.05, 0) is 19.3 Å². The van der Waals surface area contributed by atoms with Gasteiger partial charge in [0.2, 0.25) is 5.91 Å². The second-order valence-electron chi connectivity index (χ2n) is 3.65. The van der Waals surface area contributed by atoms with Gasteiger partial charge in [-0.2, -0.15) is 5.26 Å². The van der Waals surface area contributed by atoms with Gasteiger partial charge in [0.25, 0.3) is 0 Å². The number of nitriles is 1. The topological polar surface area (TPSA) is 44.1 Å². The van der Waals surface area contributed by atoms with Crippen molar-refractivity contribution in [1.82, 2.24) is 4.90 Å². The molecule has 1 fully saturated rings. The average Bonchev–Trinajstić information content (AvgIpc) is 2.14. The second kappa shape index (κ2) is 4.27. The van der Waals surface area contributed by atoms with Gasteiger partial charge < -0.3 is 4.90 Å². The van der Waals surface area contributed by atoms with Crippen molar-refractivity contribution in [3.63, 3.8) is 0 Å². The maximum absolute atomic E-state index is 11.7. The van der Waals surface area contributed by atoms with Gasteiger partial charge in [0.05, 0.1) is 17.9 Å². The van der Waals surface area contributed by atoms with Gasteiger partial charge >= 0.3 is 0 Å². The van der Waals surface area contributed by atoms with E-state index < -0.39 is 0 Å². The van der Waals surface area contributed by atoms with Crippen molar-refractivity contribution in [3.05, 3.63) is 0 Å². The van der Waals surface area contributed by atoms with Crippen LogP contribution in [0.15, 0.2) is 0 Å². The molecule has 0 aliphatic carbocycles. The van der Waals surface area contributed by atoms with E-state index in [4.69, 9.17) is 5.26 Å². The predicted molar refractivity (Wildman–Crippen MR) is 49.8 cm³/mol. The third-order valence-electron chi connectivity index (χ3n) is 2.79. The standard InChI is InChI=1S/C10H16N2O/c1-3-8(7-11)9-5-4-6-12(2)10(9)13/h8-9H,3-6H2,1-2H3. The Morgan fingerprint density at radius 2 is 2.46 bits per heavy atom. The Bertz CT molecular complexity index is 232. The summed E-state index contributed by atoms with van der Waals surface area (Å²) in [5.74, 6) is 0.0173. The molecule has 72 valence electrons. The third kappa shape index (κ3) is 2.00. The van der Waals surface area contributed by atoms with Crippen LogP contribution in [0.25, 0.3) is 0 Å². The summed E-state index contributed by atoms with van der Waals surface area (Å²) >= 11 is 0. The van der Waals surface area contributed by atoms with E-state index in [9.17, 15) is 4.79 Å². The van der Waals surface area contributed by atoms with Crippen molar-refractivity contribution in [2.45, 2.75) is 26.2 Å².